The molecule has 0 aromatic heterocycles. The predicted octanol–water partition coefficient (Wildman–Crippen LogP) is 5.06. The Morgan fingerprint density at radius 1 is 0.950 bits per heavy atom. The second-order valence-electron chi connectivity index (χ2n) is 4.88. The van der Waals surface area contributed by atoms with E-state index in [1.54, 1.807) is 18.2 Å². The highest BCUT2D eigenvalue weighted by molar-refractivity contribution is 6.34. The van der Waals surface area contributed by atoms with Crippen LogP contribution >= 0.6 is 23.2 Å². The lowest BCUT2D eigenvalue weighted by Gasteiger charge is -2.22. The summed E-state index contributed by atoms with van der Waals surface area (Å²) in [7, 11) is 1.86. The predicted molar refractivity (Wildman–Crippen MR) is 83.2 cm³/mol. The molecule has 0 heterocycles. The number of hydrogen-bond acceptors (Lipinski definition) is 1. The van der Waals surface area contributed by atoms with Gasteiger partial charge in [-0.3, -0.25) is 0 Å². The van der Waals surface area contributed by atoms with Gasteiger partial charge < -0.3 is 5.32 Å². The first-order valence-electron chi connectivity index (χ1n) is 6.32. The summed E-state index contributed by atoms with van der Waals surface area (Å²) in [4.78, 5) is 0. The van der Waals surface area contributed by atoms with Crippen molar-refractivity contribution in [2.45, 2.75) is 19.9 Å². The zero-order chi connectivity index (χ0) is 14.9. The lowest BCUT2D eigenvalue weighted by Crippen LogP contribution is -2.20. The molecule has 1 nitrogen and oxygen atoms in total. The van der Waals surface area contributed by atoms with Crippen LogP contribution in [0.5, 0.6) is 0 Å². The average molecular weight is 312 g/mol. The molecule has 1 N–H and O–H groups in total. The Hall–Kier alpha value is -1.09. The molecule has 106 valence electrons. The lowest BCUT2D eigenvalue weighted by atomic mass is 9.91. The molecule has 0 bridgehead atoms. The third kappa shape index (κ3) is 3.14. The van der Waals surface area contributed by atoms with E-state index in [9.17, 15) is 4.39 Å². The number of hydrogen-bond donors (Lipinski definition) is 1. The fraction of sp³-hybridized carbons (Fsp3) is 0.250. The molecule has 2 aromatic rings. The van der Waals surface area contributed by atoms with Crippen LogP contribution in [0.25, 0.3) is 0 Å². The Morgan fingerprint density at radius 3 is 1.90 bits per heavy atom. The van der Waals surface area contributed by atoms with E-state index in [2.05, 4.69) is 5.32 Å². The van der Waals surface area contributed by atoms with Crippen LogP contribution in [-0.4, -0.2) is 7.05 Å². The first-order chi connectivity index (χ1) is 9.42. The summed E-state index contributed by atoms with van der Waals surface area (Å²) in [5.74, 6) is -0.220. The number of nitrogens with one attached hydrogen (secondary N) is 1. The Bertz CT molecular complexity index is 597. The SMILES string of the molecule is CNC(c1cc(Cl)cc(Cl)c1)c1c(C)cc(F)cc1C. The van der Waals surface area contributed by atoms with Gasteiger partial charge in [0.15, 0.2) is 0 Å². The minimum Gasteiger partial charge on any atom is -0.309 e. The summed E-state index contributed by atoms with van der Waals surface area (Å²) in [5, 5.41) is 4.43. The molecule has 20 heavy (non-hydrogen) atoms. The van der Waals surface area contributed by atoms with Crippen molar-refractivity contribution in [3.63, 3.8) is 0 Å². The summed E-state index contributed by atoms with van der Waals surface area (Å²) >= 11 is 12.1. The van der Waals surface area contributed by atoms with Crippen LogP contribution in [0.15, 0.2) is 30.3 Å². The second kappa shape index (κ2) is 6.13. The van der Waals surface area contributed by atoms with Crippen molar-refractivity contribution in [2.75, 3.05) is 7.05 Å². The topological polar surface area (TPSA) is 12.0 Å². The number of aryl methyl sites for hydroxylation is 2. The molecule has 0 aliphatic heterocycles. The molecular weight excluding hydrogens is 296 g/mol. The normalized spacial score (nSPS) is 12.5. The van der Waals surface area contributed by atoms with Crippen LogP contribution < -0.4 is 5.32 Å². The third-order valence-corrected chi connectivity index (χ3v) is 3.79. The summed E-state index contributed by atoms with van der Waals surface area (Å²) in [6, 6.07) is 8.45. The maximum Gasteiger partial charge on any atom is 0.123 e. The van der Waals surface area contributed by atoms with Crippen molar-refractivity contribution in [1.82, 2.24) is 5.32 Å². The molecule has 2 rings (SSSR count). The van der Waals surface area contributed by atoms with Gasteiger partial charge in [-0.1, -0.05) is 23.2 Å². The highest BCUT2D eigenvalue weighted by Crippen LogP contribution is 2.31. The summed E-state index contributed by atoms with van der Waals surface area (Å²) in [6.45, 7) is 3.81. The van der Waals surface area contributed by atoms with Crippen LogP contribution in [0.2, 0.25) is 10.0 Å². The van der Waals surface area contributed by atoms with Gasteiger partial charge in [-0.25, -0.2) is 4.39 Å². The first-order valence-corrected chi connectivity index (χ1v) is 7.08. The number of benzene rings is 2. The summed E-state index contributed by atoms with van der Waals surface area (Å²) in [6.07, 6.45) is 0. The molecule has 2 aromatic carbocycles. The van der Waals surface area contributed by atoms with Crippen LogP contribution in [0.4, 0.5) is 4.39 Å². The van der Waals surface area contributed by atoms with Gasteiger partial charge in [0.25, 0.3) is 0 Å². The van der Waals surface area contributed by atoms with Gasteiger partial charge in [-0.15, -0.1) is 0 Å². The van der Waals surface area contributed by atoms with Crippen molar-refractivity contribution in [2.24, 2.45) is 0 Å². The standard InChI is InChI=1S/C16H16Cl2FN/c1-9-4-14(19)5-10(2)15(9)16(20-3)11-6-12(17)8-13(18)7-11/h4-8,16,20H,1-3H3. The zero-order valence-electron chi connectivity index (χ0n) is 11.6. The molecular formula is C16H16Cl2FN. The maximum absolute atomic E-state index is 13.4. The van der Waals surface area contributed by atoms with Crippen LogP contribution in [0, 0.1) is 19.7 Å². The average Bonchev–Trinajstić information content (AvgIpc) is 2.32. The van der Waals surface area contributed by atoms with Gasteiger partial charge in [0.1, 0.15) is 5.82 Å². The van der Waals surface area contributed by atoms with Gasteiger partial charge in [-0.05, 0) is 73.5 Å². The van der Waals surface area contributed by atoms with E-state index < -0.39 is 0 Å². The van der Waals surface area contributed by atoms with Gasteiger partial charge in [0.2, 0.25) is 0 Å². The molecule has 1 atom stereocenters. The fourth-order valence-electron chi connectivity index (χ4n) is 2.60. The summed E-state index contributed by atoms with van der Waals surface area (Å²) in [5.41, 5.74) is 3.81. The van der Waals surface area contributed by atoms with Crippen molar-refractivity contribution < 1.29 is 4.39 Å². The Morgan fingerprint density at radius 2 is 1.45 bits per heavy atom. The van der Waals surface area contributed by atoms with E-state index in [0.29, 0.717) is 10.0 Å². The molecule has 0 aliphatic carbocycles. The largest absolute Gasteiger partial charge is 0.309 e. The Kier molecular flexibility index (Phi) is 4.69. The minimum atomic E-state index is -0.220. The quantitative estimate of drug-likeness (QED) is 0.835. The molecule has 0 radical (unpaired) electrons. The van der Waals surface area contributed by atoms with Gasteiger partial charge in [0, 0.05) is 10.0 Å². The smallest absolute Gasteiger partial charge is 0.123 e. The first kappa shape index (κ1) is 15.3. The van der Waals surface area contributed by atoms with Crippen LogP contribution in [0.3, 0.4) is 0 Å². The third-order valence-electron chi connectivity index (χ3n) is 3.35. The van der Waals surface area contributed by atoms with Crippen molar-refractivity contribution in [1.29, 1.82) is 0 Å². The van der Waals surface area contributed by atoms with Crippen LogP contribution in [-0.2, 0) is 0 Å². The fourth-order valence-corrected chi connectivity index (χ4v) is 3.14. The molecule has 0 aliphatic rings. The van der Waals surface area contributed by atoms with E-state index in [4.69, 9.17) is 23.2 Å². The van der Waals surface area contributed by atoms with E-state index in [-0.39, 0.29) is 11.9 Å². The molecule has 0 fully saturated rings. The summed E-state index contributed by atoms with van der Waals surface area (Å²) < 4.78 is 13.4. The van der Waals surface area contributed by atoms with Crippen molar-refractivity contribution >= 4 is 23.2 Å². The Labute approximate surface area is 128 Å². The van der Waals surface area contributed by atoms with E-state index in [1.165, 1.54) is 0 Å². The lowest BCUT2D eigenvalue weighted by molar-refractivity contribution is 0.618. The molecule has 0 saturated heterocycles. The van der Waals surface area contributed by atoms with Crippen LogP contribution in [0.1, 0.15) is 28.3 Å². The van der Waals surface area contributed by atoms with Gasteiger partial charge in [-0.2, -0.15) is 0 Å². The van der Waals surface area contributed by atoms with E-state index in [1.807, 2.05) is 33.0 Å². The second-order valence-corrected chi connectivity index (χ2v) is 5.75. The molecule has 0 amide bonds. The Balaban J connectivity index is 2.58. The van der Waals surface area contributed by atoms with E-state index >= 15 is 0 Å². The molecule has 4 heteroatoms. The van der Waals surface area contributed by atoms with Crippen molar-refractivity contribution in [3.05, 3.63) is 68.4 Å². The zero-order valence-corrected chi connectivity index (χ0v) is 13.1. The molecule has 1 unspecified atom stereocenters. The molecule has 0 spiro atoms. The van der Waals surface area contributed by atoms with Crippen molar-refractivity contribution in [3.8, 4) is 0 Å². The van der Waals surface area contributed by atoms with Gasteiger partial charge >= 0.3 is 0 Å². The highest BCUT2D eigenvalue weighted by atomic mass is 35.5. The number of rotatable bonds is 3. The van der Waals surface area contributed by atoms with E-state index in [0.717, 1.165) is 22.3 Å². The van der Waals surface area contributed by atoms with Gasteiger partial charge in [0.05, 0.1) is 6.04 Å². The monoisotopic (exact) mass is 311 g/mol. The minimum absolute atomic E-state index is 0.0770. The maximum atomic E-state index is 13.4. The molecule has 0 saturated carbocycles. The highest BCUT2D eigenvalue weighted by Gasteiger charge is 2.18. The number of halogens is 3.